The molecule has 1 atom stereocenters. The lowest BCUT2D eigenvalue weighted by Gasteiger charge is -2.17. The van der Waals surface area contributed by atoms with Gasteiger partial charge in [0.25, 0.3) is 5.91 Å². The van der Waals surface area contributed by atoms with E-state index in [1.807, 2.05) is 0 Å². The number of carbonyl (C=O) groups excluding carboxylic acids is 1. The monoisotopic (exact) mass is 245 g/mol. The Balaban J connectivity index is 4.07. The summed E-state index contributed by atoms with van der Waals surface area (Å²) in [5.74, 6) is -6.66. The molecule has 0 aromatic carbocycles. The van der Waals surface area contributed by atoms with E-state index in [1.165, 1.54) is 0 Å². The molecule has 1 unspecified atom stereocenters. The van der Waals surface area contributed by atoms with Crippen molar-refractivity contribution in [3.05, 3.63) is 0 Å². The van der Waals surface area contributed by atoms with E-state index in [1.54, 1.807) is 19.2 Å². The number of alkyl halides is 4. The number of carbonyl (C=O) groups is 1. The summed E-state index contributed by atoms with van der Waals surface area (Å²) in [5.41, 5.74) is 0. The van der Waals surface area contributed by atoms with Gasteiger partial charge in [-0.25, -0.2) is 8.78 Å². The van der Waals surface area contributed by atoms with Crippen molar-refractivity contribution < 1.29 is 27.5 Å². The van der Waals surface area contributed by atoms with Gasteiger partial charge in [0.05, 0.1) is 6.10 Å². The molecule has 0 aliphatic carbocycles. The highest BCUT2D eigenvalue weighted by Crippen LogP contribution is 2.22. The minimum Gasteiger partial charge on any atom is -0.391 e. The zero-order valence-corrected chi connectivity index (χ0v) is 9.01. The molecule has 2 N–H and O–H groups in total. The van der Waals surface area contributed by atoms with Crippen LogP contribution in [0.2, 0.25) is 0 Å². The van der Waals surface area contributed by atoms with E-state index < -0.39 is 30.9 Å². The lowest BCUT2D eigenvalue weighted by molar-refractivity contribution is -0.169. The van der Waals surface area contributed by atoms with Crippen LogP contribution in [-0.2, 0) is 4.79 Å². The van der Waals surface area contributed by atoms with Crippen LogP contribution in [0.5, 0.6) is 0 Å². The van der Waals surface area contributed by atoms with Gasteiger partial charge in [0, 0.05) is 6.54 Å². The minimum absolute atomic E-state index is 0.113. The molecule has 0 heterocycles. The summed E-state index contributed by atoms with van der Waals surface area (Å²) in [5, 5.41) is 10.8. The molecule has 0 saturated carbocycles. The molecule has 0 aliphatic heterocycles. The highest BCUT2D eigenvalue weighted by molar-refractivity contribution is 5.83. The van der Waals surface area contributed by atoms with Crippen molar-refractivity contribution in [1.29, 1.82) is 0 Å². The van der Waals surface area contributed by atoms with E-state index in [0.29, 0.717) is 6.42 Å². The van der Waals surface area contributed by atoms with E-state index in [9.17, 15) is 27.5 Å². The molecule has 7 heteroatoms. The molecule has 0 aromatic rings. The number of rotatable bonds is 6. The quantitative estimate of drug-likeness (QED) is 0.695. The van der Waals surface area contributed by atoms with Gasteiger partial charge in [-0.3, -0.25) is 4.79 Å². The molecule has 0 aliphatic rings. The van der Waals surface area contributed by atoms with Crippen LogP contribution in [0.4, 0.5) is 17.6 Å². The van der Waals surface area contributed by atoms with Crippen LogP contribution >= 0.6 is 0 Å². The summed E-state index contributed by atoms with van der Waals surface area (Å²) >= 11 is 0. The van der Waals surface area contributed by atoms with E-state index in [0.717, 1.165) is 0 Å². The third-order valence-electron chi connectivity index (χ3n) is 1.82. The summed E-state index contributed by atoms with van der Waals surface area (Å²) < 4.78 is 48.3. The minimum atomic E-state index is -4.71. The van der Waals surface area contributed by atoms with Gasteiger partial charge in [-0.05, 0) is 12.3 Å². The fraction of sp³-hybridized carbons (Fsp3) is 0.889. The molecule has 0 spiro atoms. The molecular formula is C9H15F4NO2. The van der Waals surface area contributed by atoms with Crippen LogP contribution < -0.4 is 5.32 Å². The van der Waals surface area contributed by atoms with Gasteiger partial charge in [-0.2, -0.15) is 8.78 Å². The van der Waals surface area contributed by atoms with Gasteiger partial charge in [0.15, 0.2) is 0 Å². The molecule has 0 fully saturated rings. The Hall–Kier alpha value is -0.850. The Morgan fingerprint density at radius 2 is 1.88 bits per heavy atom. The number of halogens is 4. The van der Waals surface area contributed by atoms with Crippen LogP contribution in [0, 0.1) is 5.92 Å². The van der Waals surface area contributed by atoms with Crippen molar-refractivity contribution in [2.75, 3.05) is 6.54 Å². The first-order valence-corrected chi connectivity index (χ1v) is 4.80. The molecule has 16 heavy (non-hydrogen) atoms. The van der Waals surface area contributed by atoms with Crippen molar-refractivity contribution >= 4 is 5.91 Å². The number of amides is 1. The number of aliphatic hydroxyl groups is 1. The van der Waals surface area contributed by atoms with Gasteiger partial charge in [0.1, 0.15) is 0 Å². The van der Waals surface area contributed by atoms with Gasteiger partial charge in [-0.15, -0.1) is 0 Å². The first kappa shape index (κ1) is 15.2. The summed E-state index contributed by atoms with van der Waals surface area (Å²) in [4.78, 5) is 10.6. The molecule has 96 valence electrons. The summed E-state index contributed by atoms with van der Waals surface area (Å²) in [6.45, 7) is 3.12. The molecule has 0 aromatic heterocycles. The van der Waals surface area contributed by atoms with Gasteiger partial charge < -0.3 is 10.4 Å². The molecule has 3 nitrogen and oxygen atoms in total. The maximum absolute atomic E-state index is 12.4. The standard InChI is InChI=1S/C9H15F4NO2/c1-5(2)3-6(15)4-14-8(16)9(12,13)7(10)11/h5-7,15H,3-4H2,1-2H3,(H,14,16). The topological polar surface area (TPSA) is 49.3 Å². The Kier molecular flexibility index (Phi) is 5.71. The number of hydrogen-bond donors (Lipinski definition) is 2. The van der Waals surface area contributed by atoms with E-state index in [4.69, 9.17) is 0 Å². The molecule has 0 saturated heterocycles. The summed E-state index contributed by atoms with van der Waals surface area (Å²) in [6.07, 6.45) is -4.77. The van der Waals surface area contributed by atoms with Gasteiger partial charge in [0.2, 0.25) is 0 Å². The van der Waals surface area contributed by atoms with Crippen molar-refractivity contribution in [2.24, 2.45) is 5.92 Å². The second-order valence-corrected chi connectivity index (χ2v) is 3.92. The highest BCUT2D eigenvalue weighted by atomic mass is 19.3. The number of nitrogens with one attached hydrogen (secondary N) is 1. The van der Waals surface area contributed by atoms with Gasteiger partial charge in [-0.1, -0.05) is 13.8 Å². The highest BCUT2D eigenvalue weighted by Gasteiger charge is 2.48. The number of aliphatic hydroxyl groups excluding tert-OH is 1. The summed E-state index contributed by atoms with van der Waals surface area (Å²) in [6, 6.07) is 0. The molecular weight excluding hydrogens is 230 g/mol. The van der Waals surface area contributed by atoms with Crippen LogP contribution in [0.15, 0.2) is 0 Å². The second-order valence-electron chi connectivity index (χ2n) is 3.92. The van der Waals surface area contributed by atoms with E-state index in [2.05, 4.69) is 0 Å². The summed E-state index contributed by atoms with van der Waals surface area (Å²) in [7, 11) is 0. The second kappa shape index (κ2) is 6.03. The zero-order valence-electron chi connectivity index (χ0n) is 9.01. The zero-order chi connectivity index (χ0) is 12.9. The van der Waals surface area contributed by atoms with Crippen LogP contribution in [0.3, 0.4) is 0 Å². The van der Waals surface area contributed by atoms with Crippen molar-refractivity contribution in [3.63, 3.8) is 0 Å². The first-order chi connectivity index (χ1) is 7.17. The predicted octanol–water partition coefficient (Wildman–Crippen LogP) is 1.41. The lowest BCUT2D eigenvalue weighted by atomic mass is 10.1. The van der Waals surface area contributed by atoms with Crippen LogP contribution in [-0.4, -0.2) is 36.0 Å². The molecule has 0 rings (SSSR count). The third kappa shape index (κ3) is 4.78. The molecule has 1 amide bonds. The van der Waals surface area contributed by atoms with Crippen LogP contribution in [0.1, 0.15) is 20.3 Å². The van der Waals surface area contributed by atoms with Crippen LogP contribution in [0.25, 0.3) is 0 Å². The smallest absolute Gasteiger partial charge is 0.383 e. The van der Waals surface area contributed by atoms with Crippen molar-refractivity contribution in [3.8, 4) is 0 Å². The maximum atomic E-state index is 12.4. The largest absolute Gasteiger partial charge is 0.391 e. The van der Waals surface area contributed by atoms with E-state index >= 15 is 0 Å². The normalized spacial score (nSPS) is 14.3. The number of hydrogen-bond acceptors (Lipinski definition) is 2. The maximum Gasteiger partial charge on any atom is 0.383 e. The Labute approximate surface area is 90.8 Å². The predicted molar refractivity (Wildman–Crippen MR) is 49.4 cm³/mol. The molecule has 0 radical (unpaired) electrons. The molecule has 0 bridgehead atoms. The first-order valence-electron chi connectivity index (χ1n) is 4.80. The SMILES string of the molecule is CC(C)CC(O)CNC(=O)C(F)(F)C(F)F. The Morgan fingerprint density at radius 3 is 2.25 bits per heavy atom. The Bertz CT molecular complexity index is 234. The van der Waals surface area contributed by atoms with Gasteiger partial charge >= 0.3 is 12.3 Å². The average Bonchev–Trinajstić information content (AvgIpc) is 2.12. The van der Waals surface area contributed by atoms with Crippen molar-refractivity contribution in [2.45, 2.75) is 38.7 Å². The van der Waals surface area contributed by atoms with Crippen molar-refractivity contribution in [1.82, 2.24) is 5.32 Å². The Morgan fingerprint density at radius 1 is 1.38 bits per heavy atom. The average molecular weight is 245 g/mol. The fourth-order valence-electron chi connectivity index (χ4n) is 1.05. The van der Waals surface area contributed by atoms with E-state index in [-0.39, 0.29) is 5.92 Å². The third-order valence-corrected chi connectivity index (χ3v) is 1.82. The fourth-order valence-corrected chi connectivity index (χ4v) is 1.05. The lowest BCUT2D eigenvalue weighted by Crippen LogP contribution is -2.47.